The highest BCUT2D eigenvalue weighted by molar-refractivity contribution is 7.86. The van der Waals surface area contributed by atoms with Crippen molar-refractivity contribution in [2.24, 2.45) is 17.8 Å². The molecule has 1 atom stereocenters. The summed E-state index contributed by atoms with van der Waals surface area (Å²) < 4.78 is 29.3. The van der Waals surface area contributed by atoms with Gasteiger partial charge in [0.05, 0.1) is 0 Å². The zero-order valence-corrected chi connectivity index (χ0v) is 15.1. The largest absolute Gasteiger partial charge is 0.319 e. The van der Waals surface area contributed by atoms with E-state index in [1.54, 1.807) is 8.61 Å². The number of hydrogen-bond acceptors (Lipinski definition) is 3. The van der Waals surface area contributed by atoms with Gasteiger partial charge in [0.1, 0.15) is 0 Å². The molecule has 6 heteroatoms. The first-order valence-electron chi connectivity index (χ1n) is 8.17. The van der Waals surface area contributed by atoms with E-state index in [9.17, 15) is 8.42 Å². The molecule has 21 heavy (non-hydrogen) atoms. The van der Waals surface area contributed by atoms with E-state index >= 15 is 0 Å². The Morgan fingerprint density at radius 2 is 1.76 bits per heavy atom. The zero-order chi connectivity index (χ0) is 16.0. The van der Waals surface area contributed by atoms with E-state index in [1.165, 1.54) is 0 Å². The van der Waals surface area contributed by atoms with Crippen LogP contribution in [0, 0.1) is 17.8 Å². The molecule has 1 unspecified atom stereocenters. The van der Waals surface area contributed by atoms with Gasteiger partial charge in [-0.3, -0.25) is 0 Å². The summed E-state index contributed by atoms with van der Waals surface area (Å²) in [6.45, 7) is 11.7. The highest BCUT2D eigenvalue weighted by atomic mass is 32.2. The average molecular weight is 320 g/mol. The highest BCUT2D eigenvalue weighted by Crippen LogP contribution is 2.22. The fourth-order valence-corrected chi connectivity index (χ4v) is 4.99. The van der Waals surface area contributed by atoms with Gasteiger partial charge in [-0.1, -0.05) is 27.7 Å². The highest BCUT2D eigenvalue weighted by Gasteiger charge is 2.33. The lowest BCUT2D eigenvalue weighted by molar-refractivity contribution is 0.234. The maximum Gasteiger partial charge on any atom is 0.282 e. The second kappa shape index (κ2) is 8.46. The van der Waals surface area contributed by atoms with Crippen LogP contribution in [0.3, 0.4) is 0 Å². The summed E-state index contributed by atoms with van der Waals surface area (Å²) in [6.07, 6.45) is 2.07. The van der Waals surface area contributed by atoms with Crippen molar-refractivity contribution in [1.29, 1.82) is 0 Å². The van der Waals surface area contributed by atoms with E-state index in [0.717, 1.165) is 19.4 Å². The van der Waals surface area contributed by atoms with Crippen molar-refractivity contribution in [1.82, 2.24) is 13.9 Å². The molecule has 0 aromatic heterocycles. The second-order valence-corrected chi connectivity index (χ2v) is 8.96. The van der Waals surface area contributed by atoms with Crippen molar-refractivity contribution in [3.8, 4) is 0 Å². The smallest absolute Gasteiger partial charge is 0.282 e. The predicted octanol–water partition coefficient (Wildman–Crippen LogP) is 1.78. The number of rotatable bonds is 8. The molecule has 1 N–H and O–H groups in total. The minimum atomic E-state index is -3.33. The van der Waals surface area contributed by atoms with Gasteiger partial charge in [-0.05, 0) is 44.2 Å². The predicted molar refractivity (Wildman–Crippen MR) is 88.4 cm³/mol. The summed E-state index contributed by atoms with van der Waals surface area (Å²) in [6, 6.07) is 0. The number of hydrogen-bond donors (Lipinski definition) is 1. The van der Waals surface area contributed by atoms with Gasteiger partial charge in [0, 0.05) is 26.2 Å². The lowest BCUT2D eigenvalue weighted by Crippen LogP contribution is -2.50. The third kappa shape index (κ3) is 5.85. The quantitative estimate of drug-likeness (QED) is 0.742. The molecule has 0 aromatic carbocycles. The van der Waals surface area contributed by atoms with Gasteiger partial charge < -0.3 is 5.32 Å². The Balaban J connectivity index is 2.83. The van der Waals surface area contributed by atoms with Crippen LogP contribution < -0.4 is 5.32 Å². The number of nitrogens with one attached hydrogen (secondary N) is 1. The SMILES string of the molecule is CNCC1CCCN(S(=O)(=O)N(CC(C)C)CC(C)C)C1. The van der Waals surface area contributed by atoms with E-state index in [0.29, 0.717) is 43.9 Å². The van der Waals surface area contributed by atoms with Crippen LogP contribution in [0.15, 0.2) is 0 Å². The summed E-state index contributed by atoms with van der Waals surface area (Å²) in [5.74, 6) is 1.12. The maximum absolute atomic E-state index is 12.9. The van der Waals surface area contributed by atoms with Crippen molar-refractivity contribution in [2.75, 3.05) is 39.8 Å². The molecule has 0 amide bonds. The number of piperidine rings is 1. The summed E-state index contributed by atoms with van der Waals surface area (Å²) in [5.41, 5.74) is 0. The molecule has 1 aliphatic rings. The van der Waals surface area contributed by atoms with Crippen LogP contribution in [0.5, 0.6) is 0 Å². The molecule has 0 aromatic rings. The number of nitrogens with zero attached hydrogens (tertiary/aromatic N) is 2. The first-order chi connectivity index (χ1) is 9.77. The van der Waals surface area contributed by atoms with Gasteiger partial charge in [-0.2, -0.15) is 17.0 Å². The molecular formula is C15H33N3O2S. The van der Waals surface area contributed by atoms with E-state index in [4.69, 9.17) is 0 Å². The van der Waals surface area contributed by atoms with Gasteiger partial charge in [0.25, 0.3) is 10.2 Å². The van der Waals surface area contributed by atoms with Gasteiger partial charge >= 0.3 is 0 Å². The van der Waals surface area contributed by atoms with Crippen LogP contribution in [0.2, 0.25) is 0 Å². The van der Waals surface area contributed by atoms with Crippen LogP contribution in [-0.4, -0.2) is 56.8 Å². The summed E-state index contributed by atoms with van der Waals surface area (Å²) in [5, 5.41) is 3.17. The fourth-order valence-electron chi connectivity index (χ4n) is 2.93. The van der Waals surface area contributed by atoms with Gasteiger partial charge in [-0.25, -0.2) is 0 Å². The third-order valence-corrected chi connectivity index (χ3v) is 5.70. The minimum Gasteiger partial charge on any atom is -0.319 e. The second-order valence-electron chi connectivity index (χ2n) is 7.04. The lowest BCUT2D eigenvalue weighted by atomic mass is 10.00. The monoisotopic (exact) mass is 319 g/mol. The Labute approximate surface area is 131 Å². The van der Waals surface area contributed by atoms with E-state index in [1.807, 2.05) is 7.05 Å². The molecule has 0 aliphatic carbocycles. The average Bonchev–Trinajstić information content (AvgIpc) is 2.37. The Bertz CT molecular complexity index is 384. The molecule has 1 saturated heterocycles. The van der Waals surface area contributed by atoms with Crippen molar-refractivity contribution in [3.63, 3.8) is 0 Å². The van der Waals surface area contributed by atoms with Gasteiger partial charge in [0.2, 0.25) is 0 Å². The molecular weight excluding hydrogens is 286 g/mol. The molecule has 0 radical (unpaired) electrons. The molecule has 5 nitrogen and oxygen atoms in total. The third-order valence-electron chi connectivity index (χ3n) is 3.76. The lowest BCUT2D eigenvalue weighted by Gasteiger charge is -2.36. The van der Waals surface area contributed by atoms with Crippen LogP contribution in [0.4, 0.5) is 0 Å². The van der Waals surface area contributed by atoms with Crippen LogP contribution in [0.25, 0.3) is 0 Å². The first kappa shape index (κ1) is 18.9. The summed E-state index contributed by atoms with van der Waals surface area (Å²) in [4.78, 5) is 0. The molecule has 1 heterocycles. The molecule has 0 spiro atoms. The normalized spacial score (nSPS) is 21.6. The van der Waals surface area contributed by atoms with E-state index < -0.39 is 10.2 Å². The summed E-state index contributed by atoms with van der Waals surface area (Å²) in [7, 11) is -1.40. The van der Waals surface area contributed by atoms with Crippen molar-refractivity contribution in [3.05, 3.63) is 0 Å². The first-order valence-corrected chi connectivity index (χ1v) is 9.56. The van der Waals surface area contributed by atoms with Crippen molar-refractivity contribution < 1.29 is 8.42 Å². The molecule has 1 fully saturated rings. The molecule has 1 rings (SSSR count). The Hall–Kier alpha value is -0.170. The van der Waals surface area contributed by atoms with Crippen molar-refractivity contribution in [2.45, 2.75) is 40.5 Å². The summed E-state index contributed by atoms with van der Waals surface area (Å²) >= 11 is 0. The fraction of sp³-hybridized carbons (Fsp3) is 1.00. The standard InChI is InChI=1S/C15H33N3O2S/c1-13(2)10-18(11-14(3)4)21(19,20)17-8-6-7-15(12-17)9-16-5/h13-16H,6-12H2,1-5H3. The molecule has 126 valence electrons. The molecule has 1 aliphatic heterocycles. The van der Waals surface area contributed by atoms with E-state index in [2.05, 4.69) is 33.0 Å². The maximum atomic E-state index is 12.9. The van der Waals surface area contributed by atoms with Crippen LogP contribution in [0.1, 0.15) is 40.5 Å². The molecule has 0 saturated carbocycles. The Morgan fingerprint density at radius 1 is 1.19 bits per heavy atom. The Kier molecular flexibility index (Phi) is 7.60. The van der Waals surface area contributed by atoms with E-state index in [-0.39, 0.29) is 0 Å². The minimum absolute atomic E-state index is 0.344. The van der Waals surface area contributed by atoms with Gasteiger partial charge in [0.15, 0.2) is 0 Å². The van der Waals surface area contributed by atoms with Crippen LogP contribution >= 0.6 is 0 Å². The topological polar surface area (TPSA) is 52.7 Å². The van der Waals surface area contributed by atoms with Crippen molar-refractivity contribution >= 4 is 10.2 Å². The molecule has 0 bridgehead atoms. The van der Waals surface area contributed by atoms with Crippen LogP contribution in [-0.2, 0) is 10.2 Å². The van der Waals surface area contributed by atoms with Gasteiger partial charge in [-0.15, -0.1) is 0 Å². The Morgan fingerprint density at radius 3 is 2.24 bits per heavy atom. The zero-order valence-electron chi connectivity index (χ0n) is 14.3.